The highest BCUT2D eigenvalue weighted by atomic mass is 79.9. The molecule has 2 atom stereocenters. The van der Waals surface area contributed by atoms with Crippen LogP contribution >= 0.6 is 27.5 Å². The van der Waals surface area contributed by atoms with Gasteiger partial charge in [0.1, 0.15) is 0 Å². The zero-order valence-corrected chi connectivity index (χ0v) is 12.2. The summed E-state index contributed by atoms with van der Waals surface area (Å²) in [6.07, 6.45) is 4.98. The zero-order chi connectivity index (χ0) is 12.1. The molecule has 3 heteroatoms. The van der Waals surface area contributed by atoms with Gasteiger partial charge in [0.25, 0.3) is 0 Å². The number of alkyl halides is 1. The van der Waals surface area contributed by atoms with Crippen molar-refractivity contribution in [1.29, 1.82) is 0 Å². The van der Waals surface area contributed by atoms with Gasteiger partial charge in [0.05, 0.1) is 6.10 Å². The van der Waals surface area contributed by atoms with Crippen LogP contribution in [0.1, 0.15) is 24.8 Å². The van der Waals surface area contributed by atoms with E-state index in [-0.39, 0.29) is 0 Å². The summed E-state index contributed by atoms with van der Waals surface area (Å²) in [5.41, 5.74) is 1.35. The molecule has 1 aliphatic heterocycles. The molecule has 0 bridgehead atoms. The molecule has 2 rings (SSSR count). The predicted octanol–water partition coefficient (Wildman–Crippen LogP) is 4.42. The third-order valence-electron chi connectivity index (χ3n) is 3.25. The Balaban J connectivity index is 1.90. The van der Waals surface area contributed by atoms with Gasteiger partial charge >= 0.3 is 0 Å². The van der Waals surface area contributed by atoms with Crippen LogP contribution in [0.4, 0.5) is 0 Å². The van der Waals surface area contributed by atoms with Crippen molar-refractivity contribution < 1.29 is 4.74 Å². The topological polar surface area (TPSA) is 9.23 Å². The van der Waals surface area contributed by atoms with Gasteiger partial charge in [0.15, 0.2) is 0 Å². The molecule has 0 saturated carbocycles. The van der Waals surface area contributed by atoms with Crippen molar-refractivity contribution in [3.05, 3.63) is 34.3 Å². The highest BCUT2D eigenvalue weighted by Gasteiger charge is 2.20. The fourth-order valence-corrected chi connectivity index (χ4v) is 3.08. The minimum absolute atomic E-state index is 0.436. The van der Waals surface area contributed by atoms with Crippen LogP contribution in [0.3, 0.4) is 0 Å². The lowest BCUT2D eigenvalue weighted by molar-refractivity contribution is 0.0922. The lowest BCUT2D eigenvalue weighted by Crippen LogP contribution is -2.16. The van der Waals surface area contributed by atoms with Crippen molar-refractivity contribution in [1.82, 2.24) is 0 Å². The Bertz CT molecular complexity index is 350. The van der Waals surface area contributed by atoms with E-state index in [4.69, 9.17) is 16.3 Å². The average molecular weight is 318 g/mol. The van der Waals surface area contributed by atoms with E-state index in [1.54, 1.807) is 0 Å². The summed E-state index contributed by atoms with van der Waals surface area (Å²) < 4.78 is 6.82. The fraction of sp³-hybridized carbons (Fsp3) is 0.571. The van der Waals surface area contributed by atoms with Crippen LogP contribution in [-0.4, -0.2) is 18.6 Å². The summed E-state index contributed by atoms with van der Waals surface area (Å²) in [7, 11) is 0. The van der Waals surface area contributed by atoms with Gasteiger partial charge in [-0.15, -0.1) is 11.6 Å². The van der Waals surface area contributed by atoms with Crippen LogP contribution in [0, 0.1) is 5.92 Å². The first-order valence-electron chi connectivity index (χ1n) is 6.20. The van der Waals surface area contributed by atoms with Crippen molar-refractivity contribution >= 4 is 27.5 Å². The van der Waals surface area contributed by atoms with Crippen LogP contribution in [0.2, 0.25) is 0 Å². The summed E-state index contributed by atoms with van der Waals surface area (Å²) in [6, 6.07) is 8.48. The second-order valence-electron chi connectivity index (χ2n) is 4.73. The van der Waals surface area contributed by atoms with Crippen molar-refractivity contribution in [3.8, 4) is 0 Å². The molecule has 1 aromatic rings. The molecule has 1 aliphatic rings. The Morgan fingerprint density at radius 2 is 2.35 bits per heavy atom. The Hall–Kier alpha value is -0.0500. The minimum Gasteiger partial charge on any atom is -0.378 e. The average Bonchev–Trinajstić information content (AvgIpc) is 2.81. The SMILES string of the molecule is ClCC(Cc1cccc(Br)c1)CC1CCCO1. The first-order chi connectivity index (χ1) is 8.28. The molecular weight excluding hydrogens is 300 g/mol. The van der Waals surface area contributed by atoms with Crippen LogP contribution in [0.5, 0.6) is 0 Å². The van der Waals surface area contributed by atoms with Crippen molar-refractivity contribution in [2.75, 3.05) is 12.5 Å². The number of ether oxygens (including phenoxy) is 1. The summed E-state index contributed by atoms with van der Waals surface area (Å²) in [4.78, 5) is 0. The summed E-state index contributed by atoms with van der Waals surface area (Å²) in [6.45, 7) is 0.927. The van der Waals surface area contributed by atoms with E-state index in [1.807, 2.05) is 0 Å². The van der Waals surface area contributed by atoms with Crippen molar-refractivity contribution in [2.24, 2.45) is 5.92 Å². The van der Waals surface area contributed by atoms with Crippen molar-refractivity contribution in [2.45, 2.75) is 31.8 Å². The van der Waals surface area contributed by atoms with Gasteiger partial charge in [-0.25, -0.2) is 0 Å². The van der Waals surface area contributed by atoms with Gasteiger partial charge in [-0.05, 0) is 49.3 Å². The molecule has 0 N–H and O–H groups in total. The second kappa shape index (κ2) is 6.77. The number of rotatable bonds is 5. The highest BCUT2D eigenvalue weighted by molar-refractivity contribution is 9.10. The molecule has 1 saturated heterocycles. The van der Waals surface area contributed by atoms with Gasteiger partial charge in [-0.3, -0.25) is 0 Å². The molecule has 0 radical (unpaired) electrons. The standard InChI is InChI=1S/C14H18BrClO/c15-13-4-1-3-11(8-13)7-12(10-16)9-14-5-2-6-17-14/h1,3-4,8,12,14H,2,5-7,9-10H2. The van der Waals surface area contributed by atoms with E-state index < -0.39 is 0 Å². The number of benzene rings is 1. The van der Waals surface area contributed by atoms with Crippen LogP contribution < -0.4 is 0 Å². The van der Waals surface area contributed by atoms with E-state index in [2.05, 4.69) is 40.2 Å². The molecule has 0 aliphatic carbocycles. The zero-order valence-electron chi connectivity index (χ0n) is 9.87. The maximum Gasteiger partial charge on any atom is 0.0579 e. The molecule has 1 heterocycles. The third kappa shape index (κ3) is 4.27. The van der Waals surface area contributed by atoms with Crippen LogP contribution in [0.15, 0.2) is 28.7 Å². The lowest BCUT2D eigenvalue weighted by Gasteiger charge is -2.18. The third-order valence-corrected chi connectivity index (χ3v) is 4.18. The molecule has 2 unspecified atom stereocenters. The van der Waals surface area contributed by atoms with E-state index in [9.17, 15) is 0 Å². The van der Waals surface area contributed by atoms with E-state index in [0.717, 1.165) is 23.9 Å². The first-order valence-corrected chi connectivity index (χ1v) is 7.52. The number of hydrogen-bond acceptors (Lipinski definition) is 1. The molecule has 0 aromatic heterocycles. The Labute approximate surface area is 117 Å². The summed E-state index contributed by atoms with van der Waals surface area (Å²) in [5.74, 6) is 1.24. The molecule has 1 fully saturated rings. The lowest BCUT2D eigenvalue weighted by atomic mass is 9.94. The van der Waals surface area contributed by atoms with Gasteiger partial charge in [-0.2, -0.15) is 0 Å². The highest BCUT2D eigenvalue weighted by Crippen LogP contribution is 2.24. The van der Waals surface area contributed by atoms with E-state index >= 15 is 0 Å². The quantitative estimate of drug-likeness (QED) is 0.731. The van der Waals surface area contributed by atoms with E-state index in [0.29, 0.717) is 17.9 Å². The molecule has 94 valence electrons. The Morgan fingerprint density at radius 3 is 3.00 bits per heavy atom. The first kappa shape index (κ1) is 13.4. The van der Waals surface area contributed by atoms with Gasteiger partial charge in [0, 0.05) is 17.0 Å². The smallest absolute Gasteiger partial charge is 0.0579 e. The Morgan fingerprint density at radius 1 is 1.47 bits per heavy atom. The molecule has 0 amide bonds. The minimum atomic E-state index is 0.436. The van der Waals surface area contributed by atoms with Crippen LogP contribution in [-0.2, 0) is 11.2 Å². The van der Waals surface area contributed by atoms with Gasteiger partial charge < -0.3 is 4.74 Å². The monoisotopic (exact) mass is 316 g/mol. The number of halogens is 2. The maximum absolute atomic E-state index is 6.07. The number of hydrogen-bond donors (Lipinski definition) is 0. The maximum atomic E-state index is 6.07. The predicted molar refractivity (Wildman–Crippen MR) is 75.6 cm³/mol. The van der Waals surface area contributed by atoms with Crippen LogP contribution in [0.25, 0.3) is 0 Å². The Kier molecular flexibility index (Phi) is 5.33. The molecule has 17 heavy (non-hydrogen) atoms. The van der Waals surface area contributed by atoms with Gasteiger partial charge in [0.2, 0.25) is 0 Å². The normalized spacial score (nSPS) is 21.6. The van der Waals surface area contributed by atoms with Gasteiger partial charge in [-0.1, -0.05) is 28.1 Å². The van der Waals surface area contributed by atoms with E-state index in [1.165, 1.54) is 18.4 Å². The molecule has 0 spiro atoms. The van der Waals surface area contributed by atoms with Crippen molar-refractivity contribution in [3.63, 3.8) is 0 Å². The fourth-order valence-electron chi connectivity index (χ4n) is 2.40. The molecular formula is C14H18BrClO. The summed E-state index contributed by atoms with van der Waals surface area (Å²) >= 11 is 9.57. The molecule has 1 aromatic carbocycles. The summed E-state index contributed by atoms with van der Waals surface area (Å²) in [5, 5.41) is 0. The molecule has 1 nitrogen and oxygen atoms in total. The largest absolute Gasteiger partial charge is 0.378 e. The second-order valence-corrected chi connectivity index (χ2v) is 5.95.